The molecule has 2 saturated heterocycles. The van der Waals surface area contributed by atoms with E-state index in [0.29, 0.717) is 12.3 Å². The second kappa shape index (κ2) is 7.71. The van der Waals surface area contributed by atoms with Crippen molar-refractivity contribution in [2.45, 2.75) is 51.4 Å². The SMILES string of the molecule is Nc1cc(CCC(=O)N2CCCCC2)ccc1N1CCCCC1. The number of nitrogens with zero attached hydrogens (tertiary/aromatic N) is 2. The van der Waals surface area contributed by atoms with Gasteiger partial charge in [-0.25, -0.2) is 0 Å². The molecule has 1 aromatic rings. The van der Waals surface area contributed by atoms with Crippen LogP contribution in [0, 0.1) is 0 Å². The summed E-state index contributed by atoms with van der Waals surface area (Å²) in [5.41, 5.74) is 9.46. The Kier molecular flexibility index (Phi) is 5.42. The van der Waals surface area contributed by atoms with E-state index in [-0.39, 0.29) is 0 Å². The fourth-order valence-electron chi connectivity index (χ4n) is 3.73. The molecule has 23 heavy (non-hydrogen) atoms. The standard InChI is InChI=1S/C19H29N3O/c20-17-15-16(7-9-18(17)21-11-3-1-4-12-21)8-10-19(23)22-13-5-2-6-14-22/h7,9,15H,1-6,8,10-14,20H2. The molecule has 2 aliphatic rings. The Bertz CT molecular complexity index is 531. The van der Waals surface area contributed by atoms with Crippen molar-refractivity contribution in [1.82, 2.24) is 4.90 Å². The van der Waals surface area contributed by atoms with Crippen molar-refractivity contribution in [3.05, 3.63) is 23.8 Å². The minimum Gasteiger partial charge on any atom is -0.397 e. The highest BCUT2D eigenvalue weighted by Gasteiger charge is 2.17. The topological polar surface area (TPSA) is 49.6 Å². The largest absolute Gasteiger partial charge is 0.397 e. The number of amides is 1. The Morgan fingerprint density at radius 3 is 2.26 bits per heavy atom. The van der Waals surface area contributed by atoms with Gasteiger partial charge in [0, 0.05) is 32.6 Å². The lowest BCUT2D eigenvalue weighted by molar-refractivity contribution is -0.132. The van der Waals surface area contributed by atoms with Gasteiger partial charge in [0.1, 0.15) is 0 Å². The Morgan fingerprint density at radius 2 is 1.61 bits per heavy atom. The van der Waals surface area contributed by atoms with Gasteiger partial charge >= 0.3 is 0 Å². The number of benzene rings is 1. The molecule has 0 saturated carbocycles. The molecule has 126 valence electrons. The Hall–Kier alpha value is -1.71. The average molecular weight is 315 g/mol. The zero-order chi connectivity index (χ0) is 16.1. The second-order valence-electron chi connectivity index (χ2n) is 6.88. The third kappa shape index (κ3) is 4.18. The third-order valence-corrected chi connectivity index (χ3v) is 5.13. The molecule has 1 amide bonds. The van der Waals surface area contributed by atoms with Crippen molar-refractivity contribution in [3.8, 4) is 0 Å². The number of hydrogen-bond donors (Lipinski definition) is 1. The summed E-state index contributed by atoms with van der Waals surface area (Å²) in [6.07, 6.45) is 8.80. The van der Waals surface area contributed by atoms with E-state index >= 15 is 0 Å². The molecule has 2 fully saturated rings. The van der Waals surface area contributed by atoms with E-state index in [4.69, 9.17) is 5.73 Å². The van der Waals surface area contributed by atoms with Crippen molar-refractivity contribution in [3.63, 3.8) is 0 Å². The van der Waals surface area contributed by atoms with Crippen LogP contribution in [0.25, 0.3) is 0 Å². The van der Waals surface area contributed by atoms with E-state index in [9.17, 15) is 4.79 Å². The molecular formula is C19H29N3O. The van der Waals surface area contributed by atoms with Crippen LogP contribution in [0.15, 0.2) is 18.2 Å². The second-order valence-corrected chi connectivity index (χ2v) is 6.88. The highest BCUT2D eigenvalue weighted by Crippen LogP contribution is 2.27. The monoisotopic (exact) mass is 315 g/mol. The first-order chi connectivity index (χ1) is 11.2. The summed E-state index contributed by atoms with van der Waals surface area (Å²) in [6, 6.07) is 6.35. The number of piperidine rings is 2. The van der Waals surface area contributed by atoms with Crippen LogP contribution in [-0.2, 0) is 11.2 Å². The highest BCUT2D eigenvalue weighted by molar-refractivity contribution is 5.77. The summed E-state index contributed by atoms with van der Waals surface area (Å²) < 4.78 is 0. The number of nitrogens with two attached hydrogens (primary N) is 1. The number of carbonyl (C=O) groups is 1. The van der Waals surface area contributed by atoms with Crippen LogP contribution in [0.3, 0.4) is 0 Å². The molecule has 0 radical (unpaired) electrons. The maximum atomic E-state index is 12.3. The molecule has 4 heteroatoms. The number of carbonyl (C=O) groups excluding carboxylic acids is 1. The van der Waals surface area contributed by atoms with Gasteiger partial charge in [-0.05, 0) is 62.6 Å². The lowest BCUT2D eigenvalue weighted by Gasteiger charge is -2.30. The van der Waals surface area contributed by atoms with Crippen LogP contribution in [-0.4, -0.2) is 37.0 Å². The predicted octanol–water partition coefficient (Wildman–Crippen LogP) is 3.20. The van der Waals surface area contributed by atoms with Crippen LogP contribution in [0.2, 0.25) is 0 Å². The molecule has 3 rings (SSSR count). The van der Waals surface area contributed by atoms with Crippen molar-refractivity contribution in [2.75, 3.05) is 36.8 Å². The number of nitrogen functional groups attached to an aromatic ring is 1. The molecule has 0 aliphatic carbocycles. The predicted molar refractivity (Wildman–Crippen MR) is 95.7 cm³/mol. The van der Waals surface area contributed by atoms with Crippen molar-refractivity contribution >= 4 is 17.3 Å². The van der Waals surface area contributed by atoms with E-state index in [1.54, 1.807) is 0 Å². The van der Waals surface area contributed by atoms with Gasteiger partial charge < -0.3 is 15.5 Å². The molecule has 0 aromatic heterocycles. The van der Waals surface area contributed by atoms with Crippen LogP contribution >= 0.6 is 0 Å². The van der Waals surface area contributed by atoms with E-state index in [1.807, 2.05) is 4.90 Å². The van der Waals surface area contributed by atoms with E-state index in [0.717, 1.165) is 56.8 Å². The molecule has 2 aliphatic heterocycles. The molecule has 0 unspecified atom stereocenters. The molecular weight excluding hydrogens is 286 g/mol. The Morgan fingerprint density at radius 1 is 0.957 bits per heavy atom. The first-order valence-corrected chi connectivity index (χ1v) is 9.15. The number of rotatable bonds is 4. The minimum atomic E-state index is 0.295. The maximum Gasteiger partial charge on any atom is 0.222 e. The van der Waals surface area contributed by atoms with Gasteiger partial charge in [0.25, 0.3) is 0 Å². The van der Waals surface area contributed by atoms with Crippen molar-refractivity contribution < 1.29 is 4.79 Å². The first-order valence-electron chi connectivity index (χ1n) is 9.15. The Balaban J connectivity index is 1.56. The molecule has 2 N–H and O–H groups in total. The minimum absolute atomic E-state index is 0.295. The molecule has 0 atom stereocenters. The number of likely N-dealkylation sites (tertiary alicyclic amines) is 1. The van der Waals surface area contributed by atoms with Gasteiger partial charge in [0.2, 0.25) is 5.91 Å². The molecule has 1 aromatic carbocycles. The smallest absolute Gasteiger partial charge is 0.222 e. The van der Waals surface area contributed by atoms with E-state index in [2.05, 4.69) is 23.1 Å². The number of anilines is 2. The molecule has 0 bridgehead atoms. The lowest BCUT2D eigenvalue weighted by atomic mass is 10.0. The van der Waals surface area contributed by atoms with Gasteiger partial charge in [-0.3, -0.25) is 4.79 Å². The summed E-state index contributed by atoms with van der Waals surface area (Å²) in [6.45, 7) is 4.09. The van der Waals surface area contributed by atoms with Gasteiger partial charge in [-0.2, -0.15) is 0 Å². The van der Waals surface area contributed by atoms with Gasteiger partial charge in [-0.1, -0.05) is 6.07 Å². The molecule has 2 heterocycles. The summed E-state index contributed by atoms with van der Waals surface area (Å²) in [7, 11) is 0. The Labute approximate surface area is 139 Å². The zero-order valence-corrected chi connectivity index (χ0v) is 14.1. The maximum absolute atomic E-state index is 12.3. The number of aryl methyl sites for hydroxylation is 1. The van der Waals surface area contributed by atoms with Crippen LogP contribution in [0.1, 0.15) is 50.5 Å². The fourth-order valence-corrected chi connectivity index (χ4v) is 3.73. The quantitative estimate of drug-likeness (QED) is 0.868. The van der Waals surface area contributed by atoms with Gasteiger partial charge in [0.15, 0.2) is 0 Å². The van der Waals surface area contributed by atoms with Crippen molar-refractivity contribution in [2.24, 2.45) is 0 Å². The summed E-state index contributed by atoms with van der Waals surface area (Å²) >= 11 is 0. The van der Waals surface area contributed by atoms with Crippen LogP contribution < -0.4 is 10.6 Å². The van der Waals surface area contributed by atoms with Crippen LogP contribution in [0.4, 0.5) is 11.4 Å². The average Bonchev–Trinajstić information content (AvgIpc) is 2.61. The zero-order valence-electron chi connectivity index (χ0n) is 14.1. The van der Waals surface area contributed by atoms with Gasteiger partial charge in [0.05, 0.1) is 11.4 Å². The van der Waals surface area contributed by atoms with E-state index in [1.165, 1.54) is 31.2 Å². The fraction of sp³-hybridized carbons (Fsp3) is 0.632. The van der Waals surface area contributed by atoms with Crippen LogP contribution in [0.5, 0.6) is 0 Å². The molecule has 0 spiro atoms. The lowest BCUT2D eigenvalue weighted by Crippen LogP contribution is -2.35. The summed E-state index contributed by atoms with van der Waals surface area (Å²) in [5.74, 6) is 0.295. The molecule has 4 nitrogen and oxygen atoms in total. The summed E-state index contributed by atoms with van der Waals surface area (Å²) in [5, 5.41) is 0. The third-order valence-electron chi connectivity index (χ3n) is 5.13. The van der Waals surface area contributed by atoms with E-state index < -0.39 is 0 Å². The first kappa shape index (κ1) is 16.2. The number of hydrogen-bond acceptors (Lipinski definition) is 3. The normalized spacial score (nSPS) is 19.0. The highest BCUT2D eigenvalue weighted by atomic mass is 16.2. The summed E-state index contributed by atoms with van der Waals surface area (Å²) in [4.78, 5) is 16.7. The van der Waals surface area contributed by atoms with Crippen molar-refractivity contribution in [1.29, 1.82) is 0 Å². The van der Waals surface area contributed by atoms with Gasteiger partial charge in [-0.15, -0.1) is 0 Å².